The van der Waals surface area contributed by atoms with Crippen LogP contribution in [0.25, 0.3) is 93.6 Å². The van der Waals surface area contributed by atoms with Gasteiger partial charge >= 0.3 is 0 Å². The zero-order valence-corrected chi connectivity index (χ0v) is 29.5. The molecule has 0 saturated heterocycles. The van der Waals surface area contributed by atoms with E-state index in [0.717, 1.165) is 82.8 Å². The van der Waals surface area contributed by atoms with E-state index in [1.807, 2.05) is 48.5 Å². The van der Waals surface area contributed by atoms with Gasteiger partial charge in [-0.05, 0) is 48.5 Å². The van der Waals surface area contributed by atoms with Gasteiger partial charge < -0.3 is 13.7 Å². The molecule has 5 nitrogen and oxygen atoms in total. The lowest BCUT2D eigenvalue weighted by Crippen LogP contribution is -2.04. The lowest BCUT2D eigenvalue weighted by molar-refractivity contribution is 1.13. The summed E-state index contributed by atoms with van der Waals surface area (Å²) in [5.41, 5.74) is 11.8. The van der Waals surface area contributed by atoms with Crippen LogP contribution in [0.2, 0.25) is 0 Å². The Hall–Kier alpha value is -7.86. The minimum absolute atomic E-state index is 0.536. The van der Waals surface area contributed by atoms with Gasteiger partial charge in [0.1, 0.15) is 12.1 Å². The molecule has 3 aromatic heterocycles. The van der Waals surface area contributed by atoms with Crippen molar-refractivity contribution in [3.8, 4) is 40.3 Å². The number of fused-ring (bicyclic) bond motifs is 9. The maximum atomic E-state index is 11.1. The fourth-order valence-corrected chi connectivity index (χ4v) is 8.94. The Kier molecular flexibility index (Phi) is 6.61. The molecule has 3 heterocycles. The number of nitriles is 2. The number of hydrogen-bond donors (Lipinski definition) is 0. The standard InChI is InChI=1S/C50H29N5/c51-30-32-14-11-21-39-37-18-4-9-26-45(37)54(49(32)39)47-28-12-20-33(41(47)31-52)34-15-1-8-25-44(34)55-46-27-10-5-19-38(46)40-22-13-29-48(50(40)55)53-42-23-6-2-16-35(42)36-17-3-7-24-43(36)53/h1-29H. The fourth-order valence-electron chi connectivity index (χ4n) is 8.94. The van der Waals surface area contributed by atoms with Gasteiger partial charge in [-0.1, -0.05) is 127 Å². The van der Waals surface area contributed by atoms with Gasteiger partial charge in [0.25, 0.3) is 0 Å². The summed E-state index contributed by atoms with van der Waals surface area (Å²) in [6.07, 6.45) is 0. The van der Waals surface area contributed by atoms with E-state index >= 15 is 0 Å². The molecule has 11 rings (SSSR count). The Labute approximate surface area is 316 Å². The molecule has 8 aromatic carbocycles. The van der Waals surface area contributed by atoms with Gasteiger partial charge in [-0.15, -0.1) is 0 Å². The van der Waals surface area contributed by atoms with Crippen molar-refractivity contribution in [3.05, 3.63) is 187 Å². The van der Waals surface area contributed by atoms with Crippen LogP contribution in [0.4, 0.5) is 0 Å². The van der Waals surface area contributed by atoms with Crippen molar-refractivity contribution in [1.82, 2.24) is 13.7 Å². The van der Waals surface area contributed by atoms with Gasteiger partial charge in [0, 0.05) is 43.4 Å². The molecule has 5 heteroatoms. The monoisotopic (exact) mass is 699 g/mol. The summed E-state index contributed by atoms with van der Waals surface area (Å²) in [7, 11) is 0. The Balaban J connectivity index is 1.24. The Morgan fingerprint density at radius 3 is 1.35 bits per heavy atom. The van der Waals surface area contributed by atoms with Crippen molar-refractivity contribution < 1.29 is 0 Å². The lowest BCUT2D eigenvalue weighted by atomic mass is 9.96. The Morgan fingerprint density at radius 2 is 0.727 bits per heavy atom. The molecule has 0 spiro atoms. The number of aromatic nitrogens is 3. The van der Waals surface area contributed by atoms with Crippen molar-refractivity contribution in [1.29, 1.82) is 10.5 Å². The highest BCUT2D eigenvalue weighted by molar-refractivity contribution is 6.16. The van der Waals surface area contributed by atoms with Crippen LogP contribution >= 0.6 is 0 Å². The SMILES string of the molecule is N#Cc1c(-c2ccccc2-n2c3ccccc3c3cccc(-n4c5ccccc5c5ccccc54)c32)cccc1-n1c2ccccc2c2cccc(C#N)c21. The van der Waals surface area contributed by atoms with Gasteiger partial charge in [-0.2, -0.15) is 10.5 Å². The first kappa shape index (κ1) is 30.7. The van der Waals surface area contributed by atoms with Crippen molar-refractivity contribution in [2.45, 2.75) is 0 Å². The molecule has 0 atom stereocenters. The van der Waals surface area contributed by atoms with E-state index < -0.39 is 0 Å². The largest absolute Gasteiger partial charge is 0.307 e. The molecule has 254 valence electrons. The van der Waals surface area contributed by atoms with Crippen LogP contribution in [0, 0.1) is 22.7 Å². The molecule has 11 aromatic rings. The zero-order valence-electron chi connectivity index (χ0n) is 29.5. The third kappa shape index (κ3) is 4.27. The smallest absolute Gasteiger partial charge is 0.102 e. The van der Waals surface area contributed by atoms with E-state index in [9.17, 15) is 10.5 Å². The minimum atomic E-state index is 0.536. The summed E-state index contributed by atoms with van der Waals surface area (Å²) in [5, 5.41) is 28.1. The average molecular weight is 700 g/mol. The molecule has 0 aliphatic heterocycles. The van der Waals surface area contributed by atoms with Crippen LogP contribution in [0.15, 0.2) is 176 Å². The lowest BCUT2D eigenvalue weighted by Gasteiger charge is -2.19. The second-order valence-electron chi connectivity index (χ2n) is 13.9. The molecule has 0 radical (unpaired) electrons. The van der Waals surface area contributed by atoms with E-state index in [1.165, 1.54) is 10.8 Å². The first-order valence-electron chi connectivity index (χ1n) is 18.3. The maximum absolute atomic E-state index is 11.1. The molecular formula is C50H29N5. The summed E-state index contributed by atoms with van der Waals surface area (Å²) in [5.74, 6) is 0. The fraction of sp³-hybridized carbons (Fsp3) is 0. The highest BCUT2D eigenvalue weighted by Crippen LogP contribution is 2.43. The summed E-state index contributed by atoms with van der Waals surface area (Å²) >= 11 is 0. The summed E-state index contributed by atoms with van der Waals surface area (Å²) in [4.78, 5) is 0. The van der Waals surface area contributed by atoms with E-state index in [2.05, 4.69) is 153 Å². The van der Waals surface area contributed by atoms with E-state index in [4.69, 9.17) is 0 Å². The molecule has 0 aliphatic rings. The highest BCUT2D eigenvalue weighted by Gasteiger charge is 2.24. The number of nitrogens with zero attached hydrogens (tertiary/aromatic N) is 5. The molecule has 55 heavy (non-hydrogen) atoms. The third-order valence-corrected chi connectivity index (χ3v) is 11.1. The average Bonchev–Trinajstić information content (AvgIpc) is 3.89. The normalized spacial score (nSPS) is 11.6. The molecule has 0 unspecified atom stereocenters. The second kappa shape index (κ2) is 11.8. The Morgan fingerprint density at radius 1 is 0.309 bits per heavy atom. The molecule has 0 N–H and O–H groups in total. The number of hydrogen-bond acceptors (Lipinski definition) is 2. The number of benzene rings is 8. The summed E-state index contributed by atoms with van der Waals surface area (Å²) in [6.45, 7) is 0. The number of rotatable bonds is 4. The van der Waals surface area contributed by atoms with Crippen LogP contribution < -0.4 is 0 Å². The summed E-state index contributed by atoms with van der Waals surface area (Å²) in [6, 6.07) is 65.9. The van der Waals surface area contributed by atoms with Gasteiger partial charge in [0.2, 0.25) is 0 Å². The van der Waals surface area contributed by atoms with Crippen LogP contribution in [0.1, 0.15) is 11.1 Å². The molecule has 0 bridgehead atoms. The van der Waals surface area contributed by atoms with E-state index in [-0.39, 0.29) is 0 Å². The van der Waals surface area contributed by atoms with Gasteiger partial charge in [-0.3, -0.25) is 0 Å². The molecule has 0 aliphatic carbocycles. The van der Waals surface area contributed by atoms with E-state index in [0.29, 0.717) is 11.1 Å². The van der Waals surface area contributed by atoms with Gasteiger partial charge in [-0.25, -0.2) is 0 Å². The quantitative estimate of drug-likeness (QED) is 0.184. The third-order valence-electron chi connectivity index (χ3n) is 11.1. The predicted octanol–water partition coefficient (Wildman–Crippen LogP) is 12.4. The number of para-hydroxylation sites is 7. The van der Waals surface area contributed by atoms with Crippen LogP contribution in [0.3, 0.4) is 0 Å². The summed E-state index contributed by atoms with van der Waals surface area (Å²) < 4.78 is 6.86. The van der Waals surface area contributed by atoms with Crippen molar-refractivity contribution in [3.63, 3.8) is 0 Å². The molecular weight excluding hydrogens is 671 g/mol. The zero-order chi connectivity index (χ0) is 36.6. The first-order chi connectivity index (χ1) is 27.3. The molecule has 0 amide bonds. The predicted molar refractivity (Wildman–Crippen MR) is 224 cm³/mol. The molecule has 0 fully saturated rings. The van der Waals surface area contributed by atoms with E-state index in [1.54, 1.807) is 0 Å². The van der Waals surface area contributed by atoms with Gasteiger partial charge in [0.05, 0.1) is 61.3 Å². The minimum Gasteiger partial charge on any atom is -0.307 e. The van der Waals surface area contributed by atoms with Crippen molar-refractivity contribution >= 4 is 65.4 Å². The first-order valence-corrected chi connectivity index (χ1v) is 18.3. The Bertz CT molecular complexity index is 3420. The van der Waals surface area contributed by atoms with Crippen LogP contribution in [-0.2, 0) is 0 Å². The van der Waals surface area contributed by atoms with Gasteiger partial charge in [0.15, 0.2) is 0 Å². The van der Waals surface area contributed by atoms with Crippen molar-refractivity contribution in [2.75, 3.05) is 0 Å². The molecule has 0 saturated carbocycles. The second-order valence-corrected chi connectivity index (χ2v) is 13.9. The van der Waals surface area contributed by atoms with Crippen molar-refractivity contribution in [2.24, 2.45) is 0 Å². The topological polar surface area (TPSA) is 62.4 Å². The van der Waals surface area contributed by atoms with Crippen LogP contribution in [0.5, 0.6) is 0 Å². The van der Waals surface area contributed by atoms with Crippen LogP contribution in [-0.4, -0.2) is 13.7 Å². The maximum Gasteiger partial charge on any atom is 0.102 e. The highest BCUT2D eigenvalue weighted by atomic mass is 15.1.